The summed E-state index contributed by atoms with van der Waals surface area (Å²) in [6.07, 6.45) is 0.414. The van der Waals surface area contributed by atoms with Gasteiger partial charge in [0.1, 0.15) is 0 Å². The Bertz CT molecular complexity index is 416. The highest BCUT2D eigenvalue weighted by atomic mass is 19.1. The molecule has 2 rings (SSSR count). The lowest BCUT2D eigenvalue weighted by Gasteiger charge is -2.09. The summed E-state index contributed by atoms with van der Waals surface area (Å²) in [5.41, 5.74) is 5.04. The van der Waals surface area contributed by atoms with Crippen LogP contribution in [0, 0.1) is 0 Å². The molecular formula is C13H18FN3. The van der Waals surface area contributed by atoms with E-state index in [-0.39, 0.29) is 12.1 Å². The molecule has 17 heavy (non-hydrogen) atoms. The second kappa shape index (κ2) is 4.35. The molecule has 0 bridgehead atoms. The van der Waals surface area contributed by atoms with Crippen LogP contribution in [0.1, 0.15) is 25.8 Å². The number of nitrogens with one attached hydrogen (secondary N) is 1. The van der Waals surface area contributed by atoms with Gasteiger partial charge in [0.2, 0.25) is 0 Å². The summed E-state index contributed by atoms with van der Waals surface area (Å²) in [5.74, 6) is 0.320. The van der Waals surface area contributed by atoms with Crippen molar-refractivity contribution in [2.24, 2.45) is 10.7 Å². The van der Waals surface area contributed by atoms with Crippen molar-refractivity contribution in [3.8, 4) is 0 Å². The first kappa shape index (κ1) is 11.9. The standard InChI is InChI=1S/C13H18FN3/c1-9(2)16-12(15)17-11-8-13(11,14)10-6-4-3-5-7-10/h3-7,9,11H,8H2,1-2H3,(H3,15,16,17). The van der Waals surface area contributed by atoms with E-state index in [2.05, 4.69) is 10.3 Å². The second-order valence-corrected chi connectivity index (χ2v) is 4.76. The first-order valence-electron chi connectivity index (χ1n) is 5.86. The van der Waals surface area contributed by atoms with Gasteiger partial charge < -0.3 is 11.1 Å². The van der Waals surface area contributed by atoms with E-state index < -0.39 is 5.67 Å². The number of nitrogens with two attached hydrogens (primary N) is 1. The fourth-order valence-corrected chi connectivity index (χ4v) is 1.90. The van der Waals surface area contributed by atoms with Gasteiger partial charge >= 0.3 is 0 Å². The van der Waals surface area contributed by atoms with E-state index in [4.69, 9.17) is 5.73 Å². The first-order chi connectivity index (χ1) is 8.02. The van der Waals surface area contributed by atoms with E-state index in [0.29, 0.717) is 17.9 Å². The minimum absolute atomic E-state index is 0.211. The highest BCUT2D eigenvalue weighted by Gasteiger charge is 2.57. The molecule has 1 fully saturated rings. The number of rotatable bonds is 3. The summed E-state index contributed by atoms with van der Waals surface area (Å²) in [6, 6.07) is 9.00. The van der Waals surface area contributed by atoms with Crippen LogP contribution in [0.15, 0.2) is 35.3 Å². The normalized spacial score (nSPS) is 28.2. The predicted octanol–water partition coefficient (Wildman–Crippen LogP) is 1.94. The van der Waals surface area contributed by atoms with Crippen LogP contribution in [-0.4, -0.2) is 18.0 Å². The maximum atomic E-state index is 14.4. The Morgan fingerprint density at radius 2 is 2.12 bits per heavy atom. The molecule has 0 radical (unpaired) electrons. The predicted molar refractivity (Wildman–Crippen MR) is 67.5 cm³/mol. The number of hydrogen-bond donors (Lipinski definition) is 2. The van der Waals surface area contributed by atoms with Crippen molar-refractivity contribution in [2.45, 2.75) is 38.0 Å². The van der Waals surface area contributed by atoms with Gasteiger partial charge in [0.15, 0.2) is 11.6 Å². The summed E-state index contributed by atoms with van der Waals surface area (Å²) in [6.45, 7) is 3.93. The monoisotopic (exact) mass is 235 g/mol. The first-order valence-corrected chi connectivity index (χ1v) is 5.86. The van der Waals surface area contributed by atoms with Crippen molar-refractivity contribution in [3.05, 3.63) is 35.9 Å². The largest absolute Gasteiger partial charge is 0.370 e. The zero-order valence-electron chi connectivity index (χ0n) is 10.2. The maximum absolute atomic E-state index is 14.4. The average molecular weight is 235 g/mol. The smallest absolute Gasteiger partial charge is 0.189 e. The fourth-order valence-electron chi connectivity index (χ4n) is 1.90. The lowest BCUT2D eigenvalue weighted by Crippen LogP contribution is -2.37. The quantitative estimate of drug-likeness (QED) is 0.621. The summed E-state index contributed by atoms with van der Waals surface area (Å²) in [4.78, 5) is 4.17. The fraction of sp³-hybridized carbons (Fsp3) is 0.462. The third-order valence-corrected chi connectivity index (χ3v) is 2.84. The van der Waals surface area contributed by atoms with Crippen molar-refractivity contribution >= 4 is 5.96 Å². The van der Waals surface area contributed by atoms with Crippen LogP contribution in [0.25, 0.3) is 0 Å². The summed E-state index contributed by atoms with van der Waals surface area (Å²) in [5, 5.41) is 2.96. The molecule has 1 aromatic carbocycles. The molecule has 0 amide bonds. The van der Waals surface area contributed by atoms with E-state index in [1.54, 1.807) is 12.1 Å². The molecule has 2 atom stereocenters. The van der Waals surface area contributed by atoms with E-state index in [9.17, 15) is 4.39 Å². The number of benzene rings is 1. The molecular weight excluding hydrogens is 217 g/mol. The number of guanidine groups is 1. The summed E-state index contributed by atoms with van der Waals surface area (Å²) in [7, 11) is 0. The molecule has 1 saturated carbocycles. The topological polar surface area (TPSA) is 50.4 Å². The van der Waals surface area contributed by atoms with Crippen molar-refractivity contribution < 1.29 is 4.39 Å². The molecule has 0 heterocycles. The molecule has 2 unspecified atom stereocenters. The number of halogens is 1. The Morgan fingerprint density at radius 3 is 2.71 bits per heavy atom. The van der Waals surface area contributed by atoms with Crippen LogP contribution in [0.5, 0.6) is 0 Å². The third-order valence-electron chi connectivity index (χ3n) is 2.84. The molecule has 0 aliphatic heterocycles. The number of aliphatic imine (C=N–C) groups is 1. The molecule has 1 aliphatic carbocycles. The molecule has 3 N–H and O–H groups in total. The van der Waals surface area contributed by atoms with Crippen LogP contribution in [0.2, 0.25) is 0 Å². The Balaban J connectivity index is 2.05. The molecule has 0 spiro atoms. The van der Waals surface area contributed by atoms with E-state index in [0.717, 1.165) is 0 Å². The molecule has 1 aliphatic rings. The number of nitrogens with zero attached hydrogens (tertiary/aromatic N) is 1. The van der Waals surface area contributed by atoms with Crippen LogP contribution < -0.4 is 11.1 Å². The molecule has 4 heteroatoms. The number of alkyl halides is 1. The average Bonchev–Trinajstić information content (AvgIpc) is 2.90. The highest BCUT2D eigenvalue weighted by molar-refractivity contribution is 5.78. The second-order valence-electron chi connectivity index (χ2n) is 4.76. The van der Waals surface area contributed by atoms with E-state index >= 15 is 0 Å². The lowest BCUT2D eigenvalue weighted by atomic mass is 10.1. The van der Waals surface area contributed by atoms with Gasteiger partial charge in [-0.1, -0.05) is 30.3 Å². The van der Waals surface area contributed by atoms with Crippen molar-refractivity contribution in [1.29, 1.82) is 0 Å². The van der Waals surface area contributed by atoms with E-state index in [1.807, 2.05) is 32.0 Å². The lowest BCUT2D eigenvalue weighted by molar-refractivity contribution is 0.306. The molecule has 92 valence electrons. The SMILES string of the molecule is CC(C)NC(N)=NC1CC1(F)c1ccccc1. The van der Waals surface area contributed by atoms with Gasteiger partial charge in [0.05, 0.1) is 6.04 Å². The molecule has 0 aromatic heterocycles. The van der Waals surface area contributed by atoms with Gasteiger partial charge in [-0.25, -0.2) is 9.38 Å². The third kappa shape index (κ3) is 2.57. The van der Waals surface area contributed by atoms with Crippen LogP contribution >= 0.6 is 0 Å². The van der Waals surface area contributed by atoms with Crippen molar-refractivity contribution in [2.75, 3.05) is 0 Å². The Hall–Kier alpha value is -1.58. The van der Waals surface area contributed by atoms with Crippen molar-refractivity contribution in [3.63, 3.8) is 0 Å². The highest BCUT2D eigenvalue weighted by Crippen LogP contribution is 2.51. The Morgan fingerprint density at radius 1 is 1.47 bits per heavy atom. The summed E-state index contributed by atoms with van der Waals surface area (Å²) >= 11 is 0. The van der Waals surface area contributed by atoms with Crippen molar-refractivity contribution in [1.82, 2.24) is 5.32 Å². The van der Waals surface area contributed by atoms with Gasteiger partial charge in [-0.2, -0.15) is 0 Å². The molecule has 1 aromatic rings. The summed E-state index contributed by atoms with van der Waals surface area (Å²) < 4.78 is 14.4. The van der Waals surface area contributed by atoms with Gasteiger partial charge in [0.25, 0.3) is 0 Å². The Labute approximate surface area is 101 Å². The zero-order chi connectivity index (χ0) is 12.5. The number of hydrogen-bond acceptors (Lipinski definition) is 1. The van der Waals surface area contributed by atoms with Gasteiger partial charge in [-0.3, -0.25) is 0 Å². The Kier molecular flexibility index (Phi) is 3.05. The van der Waals surface area contributed by atoms with E-state index in [1.165, 1.54) is 0 Å². The van der Waals surface area contributed by atoms with Gasteiger partial charge in [-0.15, -0.1) is 0 Å². The molecule has 3 nitrogen and oxygen atoms in total. The minimum atomic E-state index is -1.33. The molecule has 0 saturated heterocycles. The minimum Gasteiger partial charge on any atom is -0.370 e. The maximum Gasteiger partial charge on any atom is 0.189 e. The van der Waals surface area contributed by atoms with Gasteiger partial charge in [-0.05, 0) is 19.4 Å². The van der Waals surface area contributed by atoms with Crippen LogP contribution in [0.3, 0.4) is 0 Å². The zero-order valence-corrected chi connectivity index (χ0v) is 10.2. The van der Waals surface area contributed by atoms with Crippen LogP contribution in [0.4, 0.5) is 4.39 Å². The van der Waals surface area contributed by atoms with Crippen LogP contribution in [-0.2, 0) is 5.67 Å². The van der Waals surface area contributed by atoms with Gasteiger partial charge in [0, 0.05) is 12.5 Å².